The lowest BCUT2D eigenvalue weighted by atomic mass is 10.1. The molecule has 3 N–H and O–H groups in total. The maximum atomic E-state index is 5.07. The molecule has 14 heavy (non-hydrogen) atoms. The van der Waals surface area contributed by atoms with E-state index in [0.29, 0.717) is 5.11 Å². The summed E-state index contributed by atoms with van der Waals surface area (Å²) in [5.74, 6) is 0. The van der Waals surface area contributed by atoms with Crippen molar-refractivity contribution in [3.05, 3.63) is 29.3 Å². The Kier molecular flexibility index (Phi) is 3.85. The molecule has 0 aliphatic heterocycles. The number of hydrazine groups is 1. The summed E-state index contributed by atoms with van der Waals surface area (Å²) in [6.07, 6.45) is 0. The van der Waals surface area contributed by atoms with E-state index in [-0.39, 0.29) is 0 Å². The van der Waals surface area contributed by atoms with E-state index in [4.69, 9.17) is 12.2 Å². The lowest BCUT2D eigenvalue weighted by Gasteiger charge is -2.13. The molecule has 0 saturated carbocycles. The van der Waals surface area contributed by atoms with Crippen molar-refractivity contribution < 1.29 is 0 Å². The quantitative estimate of drug-likeness (QED) is 0.512. The Morgan fingerprint density at radius 2 is 1.79 bits per heavy atom. The summed E-state index contributed by atoms with van der Waals surface area (Å²) in [4.78, 5) is 0. The van der Waals surface area contributed by atoms with Gasteiger partial charge >= 0.3 is 0 Å². The number of nitrogens with one attached hydrogen (secondary N) is 3. The molecule has 0 radical (unpaired) electrons. The smallest absolute Gasteiger partial charge is 0.185 e. The predicted octanol–water partition coefficient (Wildman–Crippen LogP) is 1.72. The SMILES string of the molecule is CNNC(=S)Nc1c(C)cccc1C. The fourth-order valence-corrected chi connectivity index (χ4v) is 1.47. The van der Waals surface area contributed by atoms with Crippen molar-refractivity contribution in [1.29, 1.82) is 0 Å². The average Bonchev–Trinajstić information content (AvgIpc) is 2.12. The molecule has 0 fully saturated rings. The number of anilines is 1. The van der Waals surface area contributed by atoms with E-state index < -0.39 is 0 Å². The minimum absolute atomic E-state index is 0.574. The summed E-state index contributed by atoms with van der Waals surface area (Å²) in [6, 6.07) is 6.14. The second-order valence-electron chi connectivity index (χ2n) is 3.10. The van der Waals surface area contributed by atoms with Gasteiger partial charge in [-0.2, -0.15) is 0 Å². The van der Waals surface area contributed by atoms with Crippen LogP contribution < -0.4 is 16.2 Å². The third-order valence-corrected chi connectivity index (χ3v) is 2.16. The average molecular weight is 209 g/mol. The van der Waals surface area contributed by atoms with Crippen molar-refractivity contribution >= 4 is 23.0 Å². The zero-order chi connectivity index (χ0) is 10.6. The molecule has 0 aromatic heterocycles. The zero-order valence-corrected chi connectivity index (χ0v) is 9.46. The molecule has 0 spiro atoms. The van der Waals surface area contributed by atoms with Gasteiger partial charge in [0.1, 0.15) is 0 Å². The monoisotopic (exact) mass is 209 g/mol. The van der Waals surface area contributed by atoms with E-state index >= 15 is 0 Å². The van der Waals surface area contributed by atoms with E-state index in [1.807, 2.05) is 6.07 Å². The van der Waals surface area contributed by atoms with Gasteiger partial charge in [-0.05, 0) is 37.2 Å². The molecule has 3 nitrogen and oxygen atoms in total. The van der Waals surface area contributed by atoms with Crippen LogP contribution in [0.2, 0.25) is 0 Å². The van der Waals surface area contributed by atoms with Crippen LogP contribution in [-0.4, -0.2) is 12.2 Å². The number of thiocarbonyl (C=S) groups is 1. The first-order valence-electron chi connectivity index (χ1n) is 4.45. The number of hydrogen-bond acceptors (Lipinski definition) is 2. The first kappa shape index (κ1) is 10.9. The van der Waals surface area contributed by atoms with Crippen LogP contribution in [0.5, 0.6) is 0 Å². The van der Waals surface area contributed by atoms with Crippen molar-refractivity contribution in [2.24, 2.45) is 0 Å². The highest BCUT2D eigenvalue weighted by atomic mass is 32.1. The highest BCUT2D eigenvalue weighted by Gasteiger charge is 2.02. The number of aryl methyl sites for hydroxylation is 2. The third-order valence-electron chi connectivity index (χ3n) is 1.96. The van der Waals surface area contributed by atoms with Gasteiger partial charge in [-0.1, -0.05) is 18.2 Å². The molecule has 0 bridgehead atoms. The van der Waals surface area contributed by atoms with Crippen LogP contribution in [-0.2, 0) is 0 Å². The van der Waals surface area contributed by atoms with Gasteiger partial charge in [-0.3, -0.25) is 5.43 Å². The van der Waals surface area contributed by atoms with Crippen LogP contribution >= 0.6 is 12.2 Å². The maximum Gasteiger partial charge on any atom is 0.185 e. The van der Waals surface area contributed by atoms with Crippen molar-refractivity contribution in [3.8, 4) is 0 Å². The van der Waals surface area contributed by atoms with E-state index in [9.17, 15) is 0 Å². The molecule has 0 unspecified atom stereocenters. The van der Waals surface area contributed by atoms with Crippen molar-refractivity contribution in [2.75, 3.05) is 12.4 Å². The highest BCUT2D eigenvalue weighted by molar-refractivity contribution is 7.80. The molecule has 1 rings (SSSR count). The summed E-state index contributed by atoms with van der Waals surface area (Å²) in [7, 11) is 1.78. The molecule has 0 saturated heterocycles. The van der Waals surface area contributed by atoms with Crippen LogP contribution in [0.1, 0.15) is 11.1 Å². The molecule has 0 aliphatic carbocycles. The van der Waals surface area contributed by atoms with Crippen LogP contribution in [0.15, 0.2) is 18.2 Å². The highest BCUT2D eigenvalue weighted by Crippen LogP contribution is 2.18. The van der Waals surface area contributed by atoms with Gasteiger partial charge in [0.2, 0.25) is 0 Å². The second-order valence-corrected chi connectivity index (χ2v) is 3.50. The molecule has 4 heteroatoms. The number of rotatable bonds is 2. The normalized spacial score (nSPS) is 9.64. The van der Waals surface area contributed by atoms with Gasteiger partial charge in [-0.15, -0.1) is 0 Å². The Morgan fingerprint density at radius 1 is 1.21 bits per heavy atom. The molecule has 1 aromatic carbocycles. The Hall–Kier alpha value is -1.13. The fourth-order valence-electron chi connectivity index (χ4n) is 1.27. The Morgan fingerprint density at radius 3 is 2.29 bits per heavy atom. The van der Waals surface area contributed by atoms with E-state index in [2.05, 4.69) is 42.1 Å². The topological polar surface area (TPSA) is 36.1 Å². The van der Waals surface area contributed by atoms with Crippen molar-refractivity contribution in [1.82, 2.24) is 10.9 Å². The molecule has 0 aliphatic rings. The van der Waals surface area contributed by atoms with Crippen LogP contribution in [0.25, 0.3) is 0 Å². The van der Waals surface area contributed by atoms with Gasteiger partial charge in [0.15, 0.2) is 5.11 Å². The van der Waals surface area contributed by atoms with Gasteiger partial charge in [0, 0.05) is 12.7 Å². The summed E-state index contributed by atoms with van der Waals surface area (Å²) in [5.41, 5.74) is 9.03. The standard InChI is InChI=1S/C10H15N3S/c1-7-5-4-6-8(2)9(7)12-10(14)13-11-3/h4-6,11H,1-3H3,(H2,12,13,14). The molecular weight excluding hydrogens is 194 g/mol. The lowest BCUT2D eigenvalue weighted by Crippen LogP contribution is -2.37. The van der Waals surface area contributed by atoms with Gasteiger partial charge < -0.3 is 5.32 Å². The van der Waals surface area contributed by atoms with Gasteiger partial charge in [0.05, 0.1) is 0 Å². The molecule has 0 heterocycles. The van der Waals surface area contributed by atoms with E-state index in [1.165, 1.54) is 11.1 Å². The first-order valence-corrected chi connectivity index (χ1v) is 4.86. The lowest BCUT2D eigenvalue weighted by molar-refractivity contribution is 0.776. The number of benzene rings is 1. The summed E-state index contributed by atoms with van der Waals surface area (Å²) >= 11 is 5.07. The summed E-state index contributed by atoms with van der Waals surface area (Å²) in [5, 5.41) is 3.71. The van der Waals surface area contributed by atoms with Gasteiger partial charge in [-0.25, -0.2) is 5.43 Å². The number of hydrogen-bond donors (Lipinski definition) is 3. The number of para-hydroxylation sites is 1. The van der Waals surface area contributed by atoms with E-state index in [0.717, 1.165) is 5.69 Å². The Bertz CT molecular complexity index is 316. The molecular formula is C10H15N3S. The van der Waals surface area contributed by atoms with Gasteiger partial charge in [0.25, 0.3) is 0 Å². The Balaban J connectivity index is 2.80. The fraction of sp³-hybridized carbons (Fsp3) is 0.300. The van der Waals surface area contributed by atoms with Crippen molar-refractivity contribution in [2.45, 2.75) is 13.8 Å². The van der Waals surface area contributed by atoms with Crippen LogP contribution in [0.4, 0.5) is 5.69 Å². The minimum atomic E-state index is 0.574. The molecule has 0 atom stereocenters. The largest absolute Gasteiger partial charge is 0.331 e. The molecule has 76 valence electrons. The third kappa shape index (κ3) is 2.68. The summed E-state index contributed by atoms with van der Waals surface area (Å²) < 4.78 is 0. The van der Waals surface area contributed by atoms with Crippen LogP contribution in [0.3, 0.4) is 0 Å². The summed E-state index contributed by atoms with van der Waals surface area (Å²) in [6.45, 7) is 4.11. The maximum absolute atomic E-state index is 5.07. The minimum Gasteiger partial charge on any atom is -0.331 e. The van der Waals surface area contributed by atoms with Crippen molar-refractivity contribution in [3.63, 3.8) is 0 Å². The van der Waals surface area contributed by atoms with E-state index in [1.54, 1.807) is 7.05 Å². The second kappa shape index (κ2) is 4.93. The zero-order valence-electron chi connectivity index (χ0n) is 8.64. The first-order chi connectivity index (χ1) is 6.65. The predicted molar refractivity (Wildman–Crippen MR) is 64.3 cm³/mol. The molecule has 0 amide bonds. The Labute approximate surface area is 89.9 Å². The molecule has 1 aromatic rings. The van der Waals surface area contributed by atoms with Crippen LogP contribution in [0, 0.1) is 13.8 Å².